The van der Waals surface area contributed by atoms with Crippen molar-refractivity contribution in [3.63, 3.8) is 0 Å². The first-order valence-electron chi connectivity index (χ1n) is 9.83. The van der Waals surface area contributed by atoms with Crippen molar-refractivity contribution >= 4 is 10.0 Å². The molecule has 0 unspecified atom stereocenters. The Morgan fingerprint density at radius 2 is 1.59 bits per heavy atom. The third-order valence-electron chi connectivity index (χ3n) is 5.86. The second kappa shape index (κ2) is 6.96. The molecule has 0 N–H and O–H groups in total. The summed E-state index contributed by atoms with van der Waals surface area (Å²) in [6.07, 6.45) is 2.00. The summed E-state index contributed by atoms with van der Waals surface area (Å²) < 4.78 is 31.3. The smallest absolute Gasteiger partial charge is 0.277 e. The van der Waals surface area contributed by atoms with Crippen LogP contribution in [-0.2, 0) is 29.5 Å². The van der Waals surface area contributed by atoms with Gasteiger partial charge in [0.05, 0.1) is 11.4 Å². The lowest BCUT2D eigenvalue weighted by Crippen LogP contribution is -2.42. The average Bonchev–Trinajstić information content (AvgIpc) is 3.19. The topological polar surface area (TPSA) is 77.2 Å². The van der Waals surface area contributed by atoms with Gasteiger partial charge in [0, 0.05) is 25.0 Å². The molecular formula is C21H22N4O3S. The number of sulfonamides is 1. The van der Waals surface area contributed by atoms with Gasteiger partial charge < -0.3 is 0 Å². The van der Waals surface area contributed by atoms with E-state index in [2.05, 4.69) is 5.10 Å². The van der Waals surface area contributed by atoms with Crippen molar-refractivity contribution in [3.05, 3.63) is 82.5 Å². The van der Waals surface area contributed by atoms with Gasteiger partial charge in [-0.1, -0.05) is 48.5 Å². The van der Waals surface area contributed by atoms with Crippen LogP contribution >= 0.6 is 0 Å². The molecule has 29 heavy (non-hydrogen) atoms. The van der Waals surface area contributed by atoms with Crippen molar-refractivity contribution < 1.29 is 8.42 Å². The van der Waals surface area contributed by atoms with E-state index in [1.807, 2.05) is 30.3 Å². The van der Waals surface area contributed by atoms with Crippen LogP contribution in [-0.4, -0.2) is 39.2 Å². The highest BCUT2D eigenvalue weighted by Crippen LogP contribution is 2.35. The molecule has 0 amide bonds. The highest BCUT2D eigenvalue weighted by molar-refractivity contribution is 7.89. The fourth-order valence-corrected chi connectivity index (χ4v) is 6.39. The van der Waals surface area contributed by atoms with Crippen LogP contribution in [0.4, 0.5) is 0 Å². The Labute approximate surface area is 169 Å². The van der Waals surface area contributed by atoms with Gasteiger partial charge in [-0.3, -0.25) is 4.57 Å². The summed E-state index contributed by atoms with van der Waals surface area (Å²) in [4.78, 5) is 13.3. The second-order valence-electron chi connectivity index (χ2n) is 7.69. The van der Waals surface area contributed by atoms with Crippen molar-refractivity contribution in [1.29, 1.82) is 0 Å². The van der Waals surface area contributed by atoms with E-state index < -0.39 is 10.0 Å². The lowest BCUT2D eigenvalue weighted by molar-refractivity contribution is 0.312. The first-order chi connectivity index (χ1) is 14.0. The molecule has 150 valence electrons. The molecule has 2 aliphatic heterocycles. The fraction of sp³-hybridized carbons (Fsp3) is 0.333. The zero-order valence-electron chi connectivity index (χ0n) is 15.9. The van der Waals surface area contributed by atoms with E-state index in [0.29, 0.717) is 30.2 Å². The molecule has 7 nitrogen and oxygen atoms in total. The molecule has 2 bridgehead atoms. The number of nitrogens with zero attached hydrogens (tertiary/aromatic N) is 4. The minimum absolute atomic E-state index is 0.168. The average molecular weight is 410 g/mol. The number of hydrogen-bond acceptors (Lipinski definition) is 4. The van der Waals surface area contributed by atoms with Crippen molar-refractivity contribution in [1.82, 2.24) is 18.7 Å². The van der Waals surface area contributed by atoms with Gasteiger partial charge in [0.15, 0.2) is 0 Å². The highest BCUT2D eigenvalue weighted by atomic mass is 32.2. The molecule has 2 aliphatic rings. The zero-order chi connectivity index (χ0) is 20.0. The van der Waals surface area contributed by atoms with Crippen LogP contribution in [0.25, 0.3) is 0 Å². The molecule has 0 saturated carbocycles. The summed E-state index contributed by atoms with van der Waals surface area (Å²) in [5.74, 6) is 0.673. The second-order valence-corrected chi connectivity index (χ2v) is 9.53. The van der Waals surface area contributed by atoms with Gasteiger partial charge in [-0.15, -0.1) is 0 Å². The maximum Gasteiger partial charge on any atom is 0.346 e. The molecule has 3 heterocycles. The van der Waals surface area contributed by atoms with E-state index in [1.54, 1.807) is 39.2 Å². The van der Waals surface area contributed by atoms with Gasteiger partial charge in [-0.05, 0) is 30.5 Å². The van der Waals surface area contributed by atoms with E-state index >= 15 is 0 Å². The third kappa shape index (κ3) is 3.12. The molecule has 2 aromatic carbocycles. The molecule has 1 saturated heterocycles. The molecule has 1 aromatic heterocycles. The largest absolute Gasteiger partial charge is 0.346 e. The Hall–Kier alpha value is -2.71. The predicted molar refractivity (Wildman–Crippen MR) is 108 cm³/mol. The van der Waals surface area contributed by atoms with Crippen LogP contribution in [0.1, 0.15) is 24.2 Å². The number of hydrogen-bond donors (Lipinski definition) is 0. The number of aromatic nitrogens is 3. The van der Waals surface area contributed by atoms with Crippen molar-refractivity contribution in [2.24, 2.45) is 0 Å². The number of rotatable bonds is 4. The lowest BCUT2D eigenvalue weighted by atomic mass is 10.1. The Balaban J connectivity index is 1.48. The third-order valence-corrected chi connectivity index (χ3v) is 7.88. The number of benzene rings is 2. The Morgan fingerprint density at radius 3 is 2.31 bits per heavy atom. The van der Waals surface area contributed by atoms with E-state index in [4.69, 9.17) is 0 Å². The lowest BCUT2D eigenvalue weighted by Gasteiger charge is -2.26. The molecule has 8 heteroatoms. The van der Waals surface area contributed by atoms with E-state index in [1.165, 1.54) is 4.68 Å². The van der Waals surface area contributed by atoms with E-state index in [-0.39, 0.29) is 17.8 Å². The summed E-state index contributed by atoms with van der Waals surface area (Å²) in [6.45, 7) is 0.770. The summed E-state index contributed by atoms with van der Waals surface area (Å²) in [5.41, 5.74) is 0.840. The van der Waals surface area contributed by atoms with Crippen molar-refractivity contribution in [2.75, 3.05) is 0 Å². The van der Waals surface area contributed by atoms with Crippen molar-refractivity contribution in [2.45, 2.75) is 49.3 Å². The van der Waals surface area contributed by atoms with Crippen molar-refractivity contribution in [3.8, 4) is 0 Å². The Morgan fingerprint density at radius 1 is 0.931 bits per heavy atom. The quantitative estimate of drug-likeness (QED) is 0.658. The molecular weight excluding hydrogens is 388 g/mol. The Kier molecular flexibility index (Phi) is 4.40. The molecule has 2 atom stereocenters. The molecule has 3 aromatic rings. The molecule has 0 spiro atoms. The Bertz CT molecular complexity index is 1190. The number of fused-ring (bicyclic) bond motifs is 3. The zero-order valence-corrected chi connectivity index (χ0v) is 16.7. The standard InChI is InChI=1S/C21H22N4O3S/c26-21-23-15-18-12-11-17(25(18)29(27,28)19-9-5-2-6-10-19)13-20(23)22-24(21)14-16-7-3-1-4-8-16/h1-10,17-18H,11-15H2/t17-,18+/m0/s1. The van der Waals surface area contributed by atoms with Crippen LogP contribution in [0.15, 0.2) is 70.4 Å². The highest BCUT2D eigenvalue weighted by Gasteiger charge is 2.45. The first-order valence-corrected chi connectivity index (χ1v) is 11.3. The first kappa shape index (κ1) is 18.3. The van der Waals surface area contributed by atoms with Crippen LogP contribution < -0.4 is 5.69 Å². The monoisotopic (exact) mass is 410 g/mol. The molecule has 5 rings (SSSR count). The molecule has 0 radical (unpaired) electrons. The maximum atomic E-state index is 13.3. The summed E-state index contributed by atoms with van der Waals surface area (Å²) in [6, 6.07) is 17.9. The minimum atomic E-state index is -3.61. The van der Waals surface area contributed by atoms with Gasteiger partial charge in [0.25, 0.3) is 0 Å². The normalized spacial score (nSPS) is 21.7. The minimum Gasteiger partial charge on any atom is -0.277 e. The van der Waals surface area contributed by atoms with Crippen LogP contribution in [0.5, 0.6) is 0 Å². The SMILES string of the molecule is O=c1n(Cc2ccccc2)nc2n1C[C@H]1CC[C@@H](C2)N1S(=O)(=O)c1ccccc1. The molecule has 1 fully saturated rings. The van der Waals surface area contributed by atoms with Gasteiger partial charge in [0.1, 0.15) is 5.82 Å². The van der Waals surface area contributed by atoms with Gasteiger partial charge in [-0.25, -0.2) is 17.9 Å². The van der Waals surface area contributed by atoms with Gasteiger partial charge >= 0.3 is 5.69 Å². The fourth-order valence-electron chi connectivity index (χ4n) is 4.51. The van der Waals surface area contributed by atoms with Crippen LogP contribution in [0.3, 0.4) is 0 Å². The van der Waals surface area contributed by atoms with Gasteiger partial charge in [0.2, 0.25) is 10.0 Å². The van der Waals surface area contributed by atoms with Crippen LogP contribution in [0.2, 0.25) is 0 Å². The van der Waals surface area contributed by atoms with Crippen LogP contribution in [0, 0.1) is 0 Å². The summed E-state index contributed by atoms with van der Waals surface area (Å²) in [5, 5.41) is 4.56. The van der Waals surface area contributed by atoms with E-state index in [0.717, 1.165) is 18.4 Å². The maximum absolute atomic E-state index is 13.3. The van der Waals surface area contributed by atoms with Gasteiger partial charge in [-0.2, -0.15) is 9.40 Å². The van der Waals surface area contributed by atoms with E-state index in [9.17, 15) is 13.2 Å². The summed E-state index contributed by atoms with van der Waals surface area (Å²) in [7, 11) is -3.61. The summed E-state index contributed by atoms with van der Waals surface area (Å²) >= 11 is 0. The molecule has 0 aliphatic carbocycles. The predicted octanol–water partition coefficient (Wildman–Crippen LogP) is 1.87.